The van der Waals surface area contributed by atoms with Gasteiger partial charge in [-0.25, -0.2) is 4.99 Å². The molecule has 0 unspecified atom stereocenters. The lowest BCUT2D eigenvalue weighted by Gasteiger charge is -2.14. The first-order chi connectivity index (χ1) is 12.4. The minimum Gasteiger partial charge on any atom is -0.337 e. The Kier molecular flexibility index (Phi) is 4.50. The van der Waals surface area contributed by atoms with E-state index in [-0.39, 0.29) is 5.91 Å². The summed E-state index contributed by atoms with van der Waals surface area (Å²) in [5, 5.41) is 2.29. The molecule has 1 saturated heterocycles. The molecule has 0 atom stereocenters. The Morgan fingerprint density at radius 3 is 2.46 bits per heavy atom. The van der Waals surface area contributed by atoms with E-state index in [1.807, 2.05) is 61.3 Å². The van der Waals surface area contributed by atoms with Crippen molar-refractivity contribution in [1.82, 2.24) is 4.90 Å². The van der Waals surface area contributed by atoms with Gasteiger partial charge in [0, 0.05) is 24.0 Å². The Morgan fingerprint density at radius 2 is 1.73 bits per heavy atom. The molecule has 1 amide bonds. The fourth-order valence-electron chi connectivity index (χ4n) is 2.72. The summed E-state index contributed by atoms with van der Waals surface area (Å²) in [5.74, 6) is -0.0332. The zero-order chi connectivity index (χ0) is 18.4. The molecule has 132 valence electrons. The topological polar surface area (TPSA) is 35.9 Å². The van der Waals surface area contributed by atoms with Crippen LogP contribution in [0.15, 0.2) is 62.3 Å². The van der Waals surface area contributed by atoms with Gasteiger partial charge in [-0.1, -0.05) is 41.1 Å². The quantitative estimate of drug-likeness (QED) is 0.611. The summed E-state index contributed by atoms with van der Waals surface area (Å²) in [5.41, 5.74) is 3.04. The summed E-state index contributed by atoms with van der Waals surface area (Å²) < 4.78 is 0. The van der Waals surface area contributed by atoms with Crippen LogP contribution in [0.4, 0.5) is 11.4 Å². The predicted octanol–water partition coefficient (Wildman–Crippen LogP) is 5.25. The second-order valence-corrected chi connectivity index (χ2v) is 8.55. The van der Waals surface area contributed by atoms with E-state index in [1.165, 1.54) is 17.3 Å². The Balaban J connectivity index is 1.69. The summed E-state index contributed by atoms with van der Waals surface area (Å²) in [4.78, 5) is 22.9. The standard InChI is InChI=1S/C19H16ClN3OS2/c1-11-4-7-13(8-5-11)21-19-23(3)17(24)16(26-19)18-22(2)14-10-12(20)6-9-15(14)25-18/h4-10H,1-3H3/b18-16-,21-19?. The van der Waals surface area contributed by atoms with Crippen LogP contribution in [0.25, 0.3) is 0 Å². The summed E-state index contributed by atoms with van der Waals surface area (Å²) in [7, 11) is 3.72. The lowest BCUT2D eigenvalue weighted by Crippen LogP contribution is -2.24. The largest absolute Gasteiger partial charge is 0.337 e. The highest BCUT2D eigenvalue weighted by molar-refractivity contribution is 8.19. The van der Waals surface area contributed by atoms with Crippen LogP contribution in [0.5, 0.6) is 0 Å². The van der Waals surface area contributed by atoms with Crippen molar-refractivity contribution in [3.8, 4) is 0 Å². The van der Waals surface area contributed by atoms with E-state index in [9.17, 15) is 4.79 Å². The predicted molar refractivity (Wildman–Crippen MR) is 111 cm³/mol. The number of thioether (sulfide) groups is 2. The van der Waals surface area contributed by atoms with Gasteiger partial charge >= 0.3 is 0 Å². The van der Waals surface area contributed by atoms with Gasteiger partial charge in [0.15, 0.2) is 5.17 Å². The molecule has 26 heavy (non-hydrogen) atoms. The van der Waals surface area contributed by atoms with Gasteiger partial charge < -0.3 is 4.90 Å². The average Bonchev–Trinajstić information content (AvgIpc) is 3.08. The van der Waals surface area contributed by atoms with Crippen LogP contribution in [0.2, 0.25) is 5.02 Å². The monoisotopic (exact) mass is 401 g/mol. The number of halogens is 1. The molecule has 7 heteroatoms. The molecule has 0 aliphatic carbocycles. The highest BCUT2D eigenvalue weighted by atomic mass is 35.5. The molecule has 0 saturated carbocycles. The fraction of sp³-hybridized carbons (Fsp3) is 0.158. The van der Waals surface area contributed by atoms with Gasteiger partial charge in [0.05, 0.1) is 16.4 Å². The third kappa shape index (κ3) is 3.02. The molecular weight excluding hydrogens is 386 g/mol. The highest BCUT2D eigenvalue weighted by Gasteiger charge is 2.37. The van der Waals surface area contributed by atoms with Crippen LogP contribution in [0.1, 0.15) is 5.56 Å². The molecule has 1 fully saturated rings. The second-order valence-electron chi connectivity index (χ2n) is 6.10. The van der Waals surface area contributed by atoms with Crippen molar-refractivity contribution in [2.75, 3.05) is 19.0 Å². The molecule has 0 radical (unpaired) electrons. The highest BCUT2D eigenvalue weighted by Crippen LogP contribution is 2.50. The van der Waals surface area contributed by atoms with E-state index >= 15 is 0 Å². The Bertz CT molecular complexity index is 969. The maximum Gasteiger partial charge on any atom is 0.269 e. The number of aliphatic imine (C=N–C) groups is 1. The van der Waals surface area contributed by atoms with Gasteiger partial charge in [0.1, 0.15) is 4.91 Å². The smallest absolute Gasteiger partial charge is 0.269 e. The van der Waals surface area contributed by atoms with Crippen LogP contribution in [0.3, 0.4) is 0 Å². The van der Waals surface area contributed by atoms with Crippen molar-refractivity contribution in [2.24, 2.45) is 4.99 Å². The maximum absolute atomic E-state index is 12.8. The molecular formula is C19H16ClN3OS2. The molecule has 2 aliphatic heterocycles. The number of hydrogen-bond donors (Lipinski definition) is 0. The Hall–Kier alpha value is -1.89. The molecule has 2 heterocycles. The van der Waals surface area contributed by atoms with Crippen molar-refractivity contribution >= 4 is 57.6 Å². The first kappa shape index (κ1) is 17.5. The molecule has 0 spiro atoms. The number of amides is 1. The van der Waals surface area contributed by atoms with Crippen molar-refractivity contribution in [3.05, 3.63) is 63.0 Å². The van der Waals surface area contributed by atoms with Gasteiger partial charge in [0.2, 0.25) is 0 Å². The first-order valence-electron chi connectivity index (χ1n) is 8.01. The van der Waals surface area contributed by atoms with Crippen molar-refractivity contribution in [2.45, 2.75) is 11.8 Å². The molecule has 0 N–H and O–H groups in total. The van der Waals surface area contributed by atoms with E-state index in [1.54, 1.807) is 23.7 Å². The molecule has 4 nitrogen and oxygen atoms in total. The molecule has 2 aromatic rings. The van der Waals surface area contributed by atoms with Crippen LogP contribution in [0, 0.1) is 6.92 Å². The number of fused-ring (bicyclic) bond motifs is 1. The van der Waals surface area contributed by atoms with Crippen molar-refractivity contribution in [1.29, 1.82) is 0 Å². The zero-order valence-electron chi connectivity index (χ0n) is 14.5. The van der Waals surface area contributed by atoms with Crippen molar-refractivity contribution < 1.29 is 4.79 Å². The van der Waals surface area contributed by atoms with Gasteiger partial charge in [-0.2, -0.15) is 0 Å². The third-order valence-electron chi connectivity index (χ3n) is 4.23. The van der Waals surface area contributed by atoms with E-state index in [2.05, 4.69) is 4.99 Å². The minimum absolute atomic E-state index is 0.0332. The third-order valence-corrected chi connectivity index (χ3v) is 6.95. The summed E-state index contributed by atoms with van der Waals surface area (Å²) >= 11 is 9.12. The zero-order valence-corrected chi connectivity index (χ0v) is 16.9. The average molecular weight is 402 g/mol. The molecule has 2 aliphatic rings. The van der Waals surface area contributed by atoms with E-state index in [4.69, 9.17) is 11.6 Å². The van der Waals surface area contributed by atoms with Crippen LogP contribution in [-0.4, -0.2) is 30.1 Å². The minimum atomic E-state index is -0.0332. The molecule has 0 bridgehead atoms. The molecule has 0 aromatic heterocycles. The number of carbonyl (C=O) groups excluding carboxylic acids is 1. The maximum atomic E-state index is 12.8. The van der Waals surface area contributed by atoms with Gasteiger partial charge in [0.25, 0.3) is 5.91 Å². The number of nitrogens with zero attached hydrogens (tertiary/aromatic N) is 3. The number of rotatable bonds is 1. The molecule has 4 rings (SSSR count). The number of benzene rings is 2. The summed E-state index contributed by atoms with van der Waals surface area (Å²) in [6.45, 7) is 2.04. The van der Waals surface area contributed by atoms with Crippen LogP contribution >= 0.6 is 35.1 Å². The first-order valence-corrected chi connectivity index (χ1v) is 10.0. The van der Waals surface area contributed by atoms with Crippen LogP contribution < -0.4 is 4.90 Å². The van der Waals surface area contributed by atoms with Crippen molar-refractivity contribution in [3.63, 3.8) is 0 Å². The van der Waals surface area contributed by atoms with Gasteiger partial charge in [-0.05, 0) is 49.0 Å². The number of likely N-dealkylation sites (N-methyl/N-ethyl adjacent to an activating group) is 1. The number of hydrogen-bond acceptors (Lipinski definition) is 5. The number of carbonyl (C=O) groups is 1. The Labute approximate surface area is 165 Å². The molecule has 2 aromatic carbocycles. The van der Waals surface area contributed by atoms with E-state index in [0.29, 0.717) is 15.1 Å². The van der Waals surface area contributed by atoms with Crippen LogP contribution in [-0.2, 0) is 4.79 Å². The second kappa shape index (κ2) is 6.68. The van der Waals surface area contributed by atoms with Gasteiger partial charge in [-0.3, -0.25) is 9.69 Å². The van der Waals surface area contributed by atoms with E-state index < -0.39 is 0 Å². The Morgan fingerprint density at radius 1 is 1.00 bits per heavy atom. The lowest BCUT2D eigenvalue weighted by atomic mass is 10.2. The normalized spacial score (nSPS) is 21.1. The summed E-state index contributed by atoms with van der Waals surface area (Å²) in [6.07, 6.45) is 0. The van der Waals surface area contributed by atoms with Gasteiger partial charge in [-0.15, -0.1) is 0 Å². The summed E-state index contributed by atoms with van der Waals surface area (Å²) in [6, 6.07) is 13.7. The fourth-order valence-corrected chi connectivity index (χ4v) is 5.20. The SMILES string of the molecule is Cc1ccc(N=C2S/C(=C3\Sc4ccc(Cl)cc4N3C)C(=O)N2C)cc1. The number of aryl methyl sites for hydroxylation is 1. The van der Waals surface area contributed by atoms with E-state index in [0.717, 1.165) is 21.3 Å². The number of amidine groups is 1. The number of anilines is 1. The lowest BCUT2D eigenvalue weighted by molar-refractivity contribution is -0.121.